The molecular weight excluding hydrogens is 314 g/mol. The van der Waals surface area contributed by atoms with E-state index in [4.69, 9.17) is 4.74 Å². The smallest absolute Gasteiger partial charge is 0.125 e. The highest BCUT2D eigenvalue weighted by Crippen LogP contribution is 2.34. The first-order valence-electron chi connectivity index (χ1n) is 7.77. The van der Waals surface area contributed by atoms with Gasteiger partial charge in [-0.05, 0) is 48.6 Å². The van der Waals surface area contributed by atoms with Crippen LogP contribution in [0.2, 0.25) is 0 Å². The number of rotatable bonds is 7. The van der Waals surface area contributed by atoms with Crippen LogP contribution in [0.5, 0.6) is 5.75 Å². The summed E-state index contributed by atoms with van der Waals surface area (Å²) in [6.07, 6.45) is 4.66. The first-order chi connectivity index (χ1) is 9.60. The number of hydrogen-bond donors (Lipinski definition) is 1. The van der Waals surface area contributed by atoms with E-state index in [1.807, 2.05) is 0 Å². The van der Waals surface area contributed by atoms with Gasteiger partial charge in [-0.2, -0.15) is 0 Å². The molecule has 0 aliphatic carbocycles. The summed E-state index contributed by atoms with van der Waals surface area (Å²) in [5.41, 5.74) is 2.73. The predicted molar refractivity (Wildman–Crippen MR) is 88.6 cm³/mol. The topological polar surface area (TPSA) is 21.3 Å². The van der Waals surface area contributed by atoms with Crippen molar-refractivity contribution in [3.05, 3.63) is 27.7 Å². The molecule has 1 heterocycles. The van der Waals surface area contributed by atoms with Crippen molar-refractivity contribution in [1.82, 2.24) is 5.32 Å². The molecule has 0 bridgehead atoms. The van der Waals surface area contributed by atoms with Gasteiger partial charge in [0.1, 0.15) is 5.75 Å². The Kier molecular flexibility index (Phi) is 5.91. The van der Waals surface area contributed by atoms with E-state index in [1.165, 1.54) is 28.4 Å². The van der Waals surface area contributed by atoms with E-state index in [0.717, 1.165) is 31.7 Å². The van der Waals surface area contributed by atoms with Crippen LogP contribution in [0.4, 0.5) is 0 Å². The van der Waals surface area contributed by atoms with Crippen LogP contribution in [-0.4, -0.2) is 19.2 Å². The summed E-state index contributed by atoms with van der Waals surface area (Å²) in [5, 5.41) is 3.58. The molecule has 0 fully saturated rings. The summed E-state index contributed by atoms with van der Waals surface area (Å²) in [6.45, 7) is 8.62. The van der Waals surface area contributed by atoms with Crippen LogP contribution in [0.25, 0.3) is 0 Å². The second-order valence-corrected chi connectivity index (χ2v) is 6.99. The lowest BCUT2D eigenvalue weighted by Crippen LogP contribution is -2.30. The number of hydrogen-bond acceptors (Lipinski definition) is 2. The summed E-state index contributed by atoms with van der Waals surface area (Å²) in [7, 11) is 0. The molecule has 0 saturated carbocycles. The Morgan fingerprint density at radius 1 is 1.35 bits per heavy atom. The molecule has 1 aliphatic rings. The van der Waals surface area contributed by atoms with Crippen LogP contribution in [0, 0.1) is 5.92 Å². The number of benzene rings is 1. The summed E-state index contributed by atoms with van der Waals surface area (Å²) in [4.78, 5) is 0. The summed E-state index contributed by atoms with van der Waals surface area (Å²) >= 11 is 3.64. The minimum absolute atomic E-state index is 0.554. The van der Waals surface area contributed by atoms with Crippen LogP contribution >= 0.6 is 15.9 Å². The standard InChI is InChI=1S/C17H26BrNO/c1-4-5-13(11-19-12(2)3)8-15-10-16(18)9-14-6-7-20-17(14)15/h9-10,12-13,19H,4-8,11H2,1-3H3. The Hall–Kier alpha value is -0.540. The first-order valence-corrected chi connectivity index (χ1v) is 8.57. The first kappa shape index (κ1) is 15.8. The second kappa shape index (κ2) is 7.46. The van der Waals surface area contributed by atoms with Gasteiger partial charge in [-0.25, -0.2) is 0 Å². The maximum Gasteiger partial charge on any atom is 0.125 e. The van der Waals surface area contributed by atoms with Crippen molar-refractivity contribution in [3.63, 3.8) is 0 Å². The third-order valence-electron chi connectivity index (χ3n) is 3.85. The fourth-order valence-corrected chi connectivity index (χ4v) is 3.45. The lowest BCUT2D eigenvalue weighted by atomic mass is 9.93. The highest BCUT2D eigenvalue weighted by atomic mass is 79.9. The Labute approximate surface area is 131 Å². The van der Waals surface area contributed by atoms with Gasteiger partial charge < -0.3 is 10.1 Å². The molecule has 2 rings (SSSR count). The molecule has 20 heavy (non-hydrogen) atoms. The minimum Gasteiger partial charge on any atom is -0.493 e. The molecule has 1 unspecified atom stereocenters. The van der Waals surface area contributed by atoms with E-state index in [0.29, 0.717) is 12.0 Å². The van der Waals surface area contributed by atoms with E-state index < -0.39 is 0 Å². The van der Waals surface area contributed by atoms with Crippen molar-refractivity contribution < 1.29 is 4.74 Å². The Bertz CT molecular complexity index is 445. The number of nitrogens with one attached hydrogen (secondary N) is 1. The Morgan fingerprint density at radius 3 is 2.85 bits per heavy atom. The molecule has 0 radical (unpaired) electrons. The normalized spacial score (nSPS) is 15.2. The maximum atomic E-state index is 5.85. The van der Waals surface area contributed by atoms with Gasteiger partial charge in [0, 0.05) is 16.9 Å². The fraction of sp³-hybridized carbons (Fsp3) is 0.647. The summed E-state index contributed by atoms with van der Waals surface area (Å²) in [6, 6.07) is 4.99. The summed E-state index contributed by atoms with van der Waals surface area (Å²) in [5.74, 6) is 1.84. The molecule has 1 atom stereocenters. The molecule has 0 saturated heterocycles. The molecule has 112 valence electrons. The zero-order valence-electron chi connectivity index (χ0n) is 12.8. The van der Waals surface area contributed by atoms with Gasteiger partial charge in [0.2, 0.25) is 0 Å². The molecular formula is C17H26BrNO. The third-order valence-corrected chi connectivity index (χ3v) is 4.30. The van der Waals surface area contributed by atoms with Gasteiger partial charge in [-0.3, -0.25) is 0 Å². The molecule has 0 spiro atoms. The highest BCUT2D eigenvalue weighted by Gasteiger charge is 2.20. The van der Waals surface area contributed by atoms with E-state index in [2.05, 4.69) is 54.2 Å². The van der Waals surface area contributed by atoms with Crippen molar-refractivity contribution in [3.8, 4) is 5.75 Å². The van der Waals surface area contributed by atoms with Gasteiger partial charge in [-0.1, -0.05) is 43.1 Å². The van der Waals surface area contributed by atoms with Crippen LogP contribution in [0.15, 0.2) is 16.6 Å². The van der Waals surface area contributed by atoms with Gasteiger partial charge in [-0.15, -0.1) is 0 Å². The lowest BCUT2D eigenvalue weighted by molar-refractivity contribution is 0.347. The minimum atomic E-state index is 0.554. The zero-order valence-corrected chi connectivity index (χ0v) is 14.4. The van der Waals surface area contributed by atoms with Crippen molar-refractivity contribution >= 4 is 15.9 Å². The lowest BCUT2D eigenvalue weighted by Gasteiger charge is -2.20. The van der Waals surface area contributed by atoms with Crippen LogP contribution in [-0.2, 0) is 12.8 Å². The van der Waals surface area contributed by atoms with Gasteiger partial charge in [0.15, 0.2) is 0 Å². The van der Waals surface area contributed by atoms with Crippen LogP contribution in [0.3, 0.4) is 0 Å². The van der Waals surface area contributed by atoms with Gasteiger partial charge in [0.05, 0.1) is 6.61 Å². The Morgan fingerprint density at radius 2 is 2.15 bits per heavy atom. The van der Waals surface area contributed by atoms with Crippen molar-refractivity contribution in [2.75, 3.05) is 13.2 Å². The van der Waals surface area contributed by atoms with Gasteiger partial charge in [0.25, 0.3) is 0 Å². The molecule has 1 aliphatic heterocycles. The molecule has 1 N–H and O–H groups in total. The zero-order chi connectivity index (χ0) is 14.5. The molecule has 2 nitrogen and oxygen atoms in total. The van der Waals surface area contributed by atoms with Crippen molar-refractivity contribution in [2.45, 2.75) is 52.5 Å². The van der Waals surface area contributed by atoms with Crippen molar-refractivity contribution in [2.24, 2.45) is 5.92 Å². The SMILES string of the molecule is CCCC(CNC(C)C)Cc1cc(Br)cc2c1OCC2. The number of halogens is 1. The molecule has 1 aromatic carbocycles. The Balaban J connectivity index is 2.10. The maximum absolute atomic E-state index is 5.85. The average molecular weight is 340 g/mol. The van der Waals surface area contributed by atoms with Crippen LogP contribution in [0.1, 0.15) is 44.7 Å². The van der Waals surface area contributed by atoms with Gasteiger partial charge >= 0.3 is 0 Å². The fourth-order valence-electron chi connectivity index (χ4n) is 2.90. The predicted octanol–water partition coefficient (Wildman–Crippen LogP) is 4.34. The molecule has 0 aromatic heterocycles. The molecule has 0 amide bonds. The third kappa shape index (κ3) is 4.23. The highest BCUT2D eigenvalue weighted by molar-refractivity contribution is 9.10. The molecule has 3 heteroatoms. The number of fused-ring (bicyclic) bond motifs is 1. The average Bonchev–Trinajstić information content (AvgIpc) is 2.84. The van der Waals surface area contributed by atoms with E-state index >= 15 is 0 Å². The van der Waals surface area contributed by atoms with Crippen LogP contribution < -0.4 is 10.1 Å². The van der Waals surface area contributed by atoms with Crippen molar-refractivity contribution in [1.29, 1.82) is 0 Å². The second-order valence-electron chi connectivity index (χ2n) is 6.07. The van der Waals surface area contributed by atoms with E-state index in [9.17, 15) is 0 Å². The van der Waals surface area contributed by atoms with E-state index in [-0.39, 0.29) is 0 Å². The largest absolute Gasteiger partial charge is 0.493 e. The molecule has 1 aromatic rings. The quantitative estimate of drug-likeness (QED) is 0.797. The summed E-state index contributed by atoms with van der Waals surface area (Å²) < 4.78 is 7.03. The van der Waals surface area contributed by atoms with E-state index in [1.54, 1.807) is 0 Å². The monoisotopic (exact) mass is 339 g/mol. The number of ether oxygens (including phenoxy) is 1.